The number of nitrogens with zero attached hydrogens (tertiary/aromatic N) is 3. The Bertz CT molecular complexity index is 1240. The summed E-state index contributed by atoms with van der Waals surface area (Å²) in [6.45, 7) is 0.107. The topological polar surface area (TPSA) is 74.1 Å². The molecule has 0 atom stereocenters. The van der Waals surface area contributed by atoms with Crippen molar-refractivity contribution >= 4 is 46.0 Å². The first-order valence-electron chi connectivity index (χ1n) is 9.04. The van der Waals surface area contributed by atoms with Crippen LogP contribution >= 0.6 is 23.2 Å². The molecule has 150 valence electrons. The van der Waals surface area contributed by atoms with Crippen LogP contribution in [0.25, 0.3) is 11.0 Å². The molecule has 6 nitrogen and oxygen atoms in total. The number of esters is 1. The smallest absolute Gasteiger partial charge is 0.338 e. The fraction of sp³-hybridized carbons (Fsp3) is 0.0909. The number of para-hydroxylation sites is 1. The third-order valence-corrected chi connectivity index (χ3v) is 5.06. The predicted octanol–water partition coefficient (Wildman–Crippen LogP) is 4.83. The van der Waals surface area contributed by atoms with E-state index in [0.717, 1.165) is 16.6 Å². The van der Waals surface area contributed by atoms with Gasteiger partial charge in [0.05, 0.1) is 22.6 Å². The normalized spacial score (nSPS) is 10.9. The van der Waals surface area contributed by atoms with Crippen molar-refractivity contribution < 1.29 is 14.3 Å². The fourth-order valence-corrected chi connectivity index (χ4v) is 3.47. The maximum absolute atomic E-state index is 12.3. The van der Waals surface area contributed by atoms with E-state index in [-0.39, 0.29) is 10.6 Å². The van der Waals surface area contributed by atoms with E-state index in [2.05, 4.69) is 10.3 Å². The molecule has 0 spiro atoms. The number of aromatic nitrogens is 3. The molecule has 4 rings (SSSR count). The van der Waals surface area contributed by atoms with Gasteiger partial charge in [-0.05, 0) is 48.0 Å². The van der Waals surface area contributed by atoms with Crippen molar-refractivity contribution in [3.8, 4) is 0 Å². The molecule has 4 aromatic rings. The number of halogens is 2. The van der Waals surface area contributed by atoms with Crippen molar-refractivity contribution in [2.24, 2.45) is 0 Å². The minimum absolute atomic E-state index is 0.216. The van der Waals surface area contributed by atoms with E-state index >= 15 is 0 Å². The summed E-state index contributed by atoms with van der Waals surface area (Å²) >= 11 is 11.8. The van der Waals surface area contributed by atoms with Crippen LogP contribution in [0.1, 0.15) is 26.3 Å². The number of fused-ring (bicyclic) bond motifs is 1. The Morgan fingerprint density at radius 2 is 1.73 bits per heavy atom. The molecule has 0 amide bonds. The van der Waals surface area contributed by atoms with Crippen molar-refractivity contribution in [2.75, 3.05) is 6.61 Å². The Balaban J connectivity index is 1.38. The summed E-state index contributed by atoms with van der Waals surface area (Å²) in [5, 5.41) is 8.92. The van der Waals surface area contributed by atoms with Gasteiger partial charge in [-0.15, -0.1) is 5.10 Å². The lowest BCUT2D eigenvalue weighted by molar-refractivity contribution is 0.0475. The molecule has 30 heavy (non-hydrogen) atoms. The monoisotopic (exact) mass is 439 g/mol. The summed E-state index contributed by atoms with van der Waals surface area (Å²) in [4.78, 5) is 24.5. The lowest BCUT2D eigenvalue weighted by Gasteiger charge is -2.07. The quantitative estimate of drug-likeness (QED) is 0.317. The second-order valence-corrected chi connectivity index (χ2v) is 7.40. The summed E-state index contributed by atoms with van der Waals surface area (Å²) < 4.78 is 6.91. The molecule has 0 aliphatic carbocycles. The second kappa shape index (κ2) is 8.65. The van der Waals surface area contributed by atoms with Gasteiger partial charge in [0.1, 0.15) is 5.52 Å². The molecule has 3 aromatic carbocycles. The van der Waals surface area contributed by atoms with Gasteiger partial charge < -0.3 is 4.74 Å². The van der Waals surface area contributed by atoms with E-state index in [1.54, 1.807) is 22.9 Å². The molecule has 0 saturated carbocycles. The highest BCUT2D eigenvalue weighted by Gasteiger charge is 2.15. The lowest BCUT2D eigenvalue weighted by atomic mass is 10.1. The Morgan fingerprint density at radius 1 is 0.967 bits per heavy atom. The van der Waals surface area contributed by atoms with E-state index in [9.17, 15) is 9.59 Å². The third-order valence-electron chi connectivity index (χ3n) is 4.51. The van der Waals surface area contributed by atoms with Crippen molar-refractivity contribution in [3.05, 3.63) is 93.5 Å². The average molecular weight is 440 g/mol. The van der Waals surface area contributed by atoms with Crippen LogP contribution < -0.4 is 0 Å². The zero-order valence-corrected chi connectivity index (χ0v) is 17.1. The van der Waals surface area contributed by atoms with Crippen LogP contribution in [0.4, 0.5) is 0 Å². The summed E-state index contributed by atoms with van der Waals surface area (Å²) in [7, 11) is 0. The van der Waals surface area contributed by atoms with Crippen LogP contribution in [0, 0.1) is 0 Å². The number of carbonyl (C=O) groups is 2. The standard InChI is InChI=1S/C22H15Cl2N3O3/c23-16-9-10-17(18(24)11-16)21(28)13-30-22(29)15-7-5-14(6-8-15)12-27-20-4-2-1-3-19(20)25-26-27/h1-11H,12-13H2. The van der Waals surface area contributed by atoms with Gasteiger partial charge in [0.15, 0.2) is 6.61 Å². The highest BCUT2D eigenvalue weighted by molar-refractivity contribution is 6.36. The first-order chi connectivity index (χ1) is 14.5. The Hall–Kier alpha value is -3.22. The Labute approximate surface area is 182 Å². The number of hydrogen-bond donors (Lipinski definition) is 0. The molecular weight excluding hydrogens is 425 g/mol. The first kappa shape index (κ1) is 20.1. The average Bonchev–Trinajstić information content (AvgIpc) is 3.15. The molecule has 1 heterocycles. The van der Waals surface area contributed by atoms with E-state index in [4.69, 9.17) is 27.9 Å². The van der Waals surface area contributed by atoms with Gasteiger partial charge in [0, 0.05) is 10.6 Å². The van der Waals surface area contributed by atoms with E-state index < -0.39 is 18.4 Å². The van der Waals surface area contributed by atoms with Crippen LogP contribution in [0.5, 0.6) is 0 Å². The molecular formula is C22H15Cl2N3O3. The molecule has 0 saturated heterocycles. The number of ether oxygens (including phenoxy) is 1. The third kappa shape index (κ3) is 4.35. The number of carbonyl (C=O) groups excluding carboxylic acids is 2. The number of ketones is 1. The molecule has 0 aliphatic heterocycles. The zero-order chi connectivity index (χ0) is 21.1. The highest BCUT2D eigenvalue weighted by atomic mass is 35.5. The lowest BCUT2D eigenvalue weighted by Crippen LogP contribution is -2.14. The van der Waals surface area contributed by atoms with Crippen molar-refractivity contribution in [3.63, 3.8) is 0 Å². The van der Waals surface area contributed by atoms with Crippen molar-refractivity contribution in [1.82, 2.24) is 15.0 Å². The summed E-state index contributed by atoms with van der Waals surface area (Å²) in [5.74, 6) is -0.995. The van der Waals surface area contributed by atoms with Gasteiger partial charge >= 0.3 is 5.97 Å². The molecule has 0 bridgehead atoms. The van der Waals surface area contributed by atoms with Gasteiger partial charge in [-0.2, -0.15) is 0 Å². The predicted molar refractivity (Wildman–Crippen MR) is 114 cm³/mol. The molecule has 1 aromatic heterocycles. The molecule has 8 heteroatoms. The Morgan fingerprint density at radius 3 is 2.50 bits per heavy atom. The van der Waals surface area contributed by atoms with E-state index in [1.165, 1.54) is 12.1 Å². The fourth-order valence-electron chi connectivity index (χ4n) is 2.96. The van der Waals surface area contributed by atoms with E-state index in [1.807, 2.05) is 36.4 Å². The number of rotatable bonds is 6. The minimum Gasteiger partial charge on any atom is -0.454 e. The number of benzene rings is 3. The van der Waals surface area contributed by atoms with Crippen molar-refractivity contribution in [1.29, 1.82) is 0 Å². The molecule has 0 unspecified atom stereocenters. The number of Topliss-reactive ketones (excluding diaryl/α,β-unsaturated/α-hetero) is 1. The highest BCUT2D eigenvalue weighted by Crippen LogP contribution is 2.21. The SMILES string of the molecule is O=C(OCC(=O)c1ccc(Cl)cc1Cl)c1ccc(Cn2nnc3ccccc32)cc1. The van der Waals surface area contributed by atoms with Crippen LogP contribution in [0.2, 0.25) is 10.0 Å². The summed E-state index contributed by atoms with van der Waals surface area (Å²) in [6, 6.07) is 19.1. The zero-order valence-electron chi connectivity index (χ0n) is 15.6. The molecule has 0 N–H and O–H groups in total. The first-order valence-corrected chi connectivity index (χ1v) is 9.79. The van der Waals surface area contributed by atoms with Crippen LogP contribution in [0.3, 0.4) is 0 Å². The maximum Gasteiger partial charge on any atom is 0.338 e. The number of hydrogen-bond acceptors (Lipinski definition) is 5. The van der Waals surface area contributed by atoms with Crippen LogP contribution in [-0.2, 0) is 11.3 Å². The van der Waals surface area contributed by atoms with Crippen molar-refractivity contribution in [2.45, 2.75) is 6.54 Å². The summed E-state index contributed by atoms with van der Waals surface area (Å²) in [6.07, 6.45) is 0. The van der Waals surface area contributed by atoms with Gasteiger partial charge in [0.2, 0.25) is 5.78 Å². The van der Waals surface area contributed by atoms with Crippen LogP contribution in [0.15, 0.2) is 66.7 Å². The van der Waals surface area contributed by atoms with Gasteiger partial charge in [-0.25, -0.2) is 9.48 Å². The Kier molecular flexibility index (Phi) is 5.79. The van der Waals surface area contributed by atoms with Gasteiger partial charge in [-0.3, -0.25) is 4.79 Å². The largest absolute Gasteiger partial charge is 0.454 e. The summed E-state index contributed by atoms with van der Waals surface area (Å²) in [5.41, 5.74) is 3.30. The van der Waals surface area contributed by atoms with Gasteiger partial charge in [0.25, 0.3) is 0 Å². The molecule has 0 radical (unpaired) electrons. The molecule has 0 fully saturated rings. The maximum atomic E-state index is 12.3. The molecule has 0 aliphatic rings. The van der Waals surface area contributed by atoms with Crippen LogP contribution in [-0.4, -0.2) is 33.4 Å². The second-order valence-electron chi connectivity index (χ2n) is 6.56. The minimum atomic E-state index is -0.591. The van der Waals surface area contributed by atoms with E-state index in [0.29, 0.717) is 17.1 Å². The van der Waals surface area contributed by atoms with Gasteiger partial charge in [-0.1, -0.05) is 52.7 Å².